The summed E-state index contributed by atoms with van der Waals surface area (Å²) in [6.45, 7) is 8.62. The van der Waals surface area contributed by atoms with Gasteiger partial charge in [-0.15, -0.1) is 0 Å². The third kappa shape index (κ3) is 5.76. The Hall–Kier alpha value is -4.89. The number of aromatic amines is 1. The van der Waals surface area contributed by atoms with Crippen molar-refractivity contribution < 1.29 is 9.15 Å². The van der Waals surface area contributed by atoms with Crippen LogP contribution >= 0.6 is 0 Å². The van der Waals surface area contributed by atoms with Gasteiger partial charge in [0.1, 0.15) is 23.2 Å². The summed E-state index contributed by atoms with van der Waals surface area (Å²) < 4.78 is 12.2. The number of hydrogen-bond donors (Lipinski definition) is 4. The number of nitrogens with one attached hydrogen (secondary N) is 4. The Kier molecular flexibility index (Phi) is 7.16. The SMILES string of the molecule is Cc1cc(NC2CCNCC2)ccc1-c1cc2c(Oc3ccc4oc(Nc5ccc(C(C)C)cc5)nc4c3)ncnc2[nH]1. The largest absolute Gasteiger partial charge is 0.438 e. The van der Waals surface area contributed by atoms with Gasteiger partial charge in [-0.3, -0.25) is 0 Å². The van der Waals surface area contributed by atoms with E-state index < -0.39 is 0 Å². The fourth-order valence-corrected chi connectivity index (χ4v) is 5.61. The van der Waals surface area contributed by atoms with E-state index in [1.54, 1.807) is 0 Å². The first-order valence-corrected chi connectivity index (χ1v) is 14.9. The molecule has 0 radical (unpaired) electrons. The van der Waals surface area contributed by atoms with Gasteiger partial charge in [-0.1, -0.05) is 32.0 Å². The number of nitrogens with zero attached hydrogens (tertiary/aromatic N) is 3. The van der Waals surface area contributed by atoms with Crippen LogP contribution in [0.5, 0.6) is 11.6 Å². The normalized spacial score (nSPS) is 14.0. The van der Waals surface area contributed by atoms with Crippen molar-refractivity contribution >= 4 is 39.5 Å². The number of hydrogen-bond acceptors (Lipinski definition) is 8. The molecule has 7 rings (SSSR count). The molecule has 3 aromatic heterocycles. The molecule has 4 heterocycles. The Labute approximate surface area is 250 Å². The molecule has 0 spiro atoms. The fraction of sp³-hybridized carbons (Fsp3) is 0.265. The molecule has 1 fully saturated rings. The molecular weight excluding hydrogens is 538 g/mol. The lowest BCUT2D eigenvalue weighted by Gasteiger charge is -2.25. The standard InChI is InChI=1S/C34H35N7O2/c1-20(2)22-4-6-23(7-5-22)39-34-41-30-17-26(9-11-31(30)43-34)42-33-28-18-29(40-32(28)36-19-37-33)27-10-8-25(16-21(27)3)38-24-12-14-35-15-13-24/h4-11,16-20,24,35,38H,12-15H2,1-3H3,(H,39,41)(H,36,37,40). The fourth-order valence-electron chi connectivity index (χ4n) is 5.61. The lowest BCUT2D eigenvalue weighted by Crippen LogP contribution is -2.35. The molecule has 0 unspecified atom stereocenters. The molecule has 6 aromatic rings. The van der Waals surface area contributed by atoms with Crippen LogP contribution in [0.4, 0.5) is 17.4 Å². The summed E-state index contributed by atoms with van der Waals surface area (Å²) in [5.41, 5.74) is 8.68. The van der Waals surface area contributed by atoms with E-state index in [-0.39, 0.29) is 0 Å². The monoisotopic (exact) mass is 573 g/mol. The van der Waals surface area contributed by atoms with E-state index in [2.05, 4.69) is 87.0 Å². The highest BCUT2D eigenvalue weighted by molar-refractivity contribution is 5.88. The van der Waals surface area contributed by atoms with Gasteiger partial charge in [-0.05, 0) is 92.4 Å². The van der Waals surface area contributed by atoms with E-state index in [0.29, 0.717) is 46.4 Å². The van der Waals surface area contributed by atoms with E-state index in [1.165, 1.54) is 17.5 Å². The number of fused-ring (bicyclic) bond motifs is 2. The summed E-state index contributed by atoms with van der Waals surface area (Å²) in [5.74, 6) is 1.56. The topological polar surface area (TPSA) is 113 Å². The number of H-pyrrole nitrogens is 1. The van der Waals surface area contributed by atoms with Crippen LogP contribution in [-0.4, -0.2) is 39.1 Å². The van der Waals surface area contributed by atoms with Gasteiger partial charge in [0, 0.05) is 34.7 Å². The first-order valence-electron chi connectivity index (χ1n) is 14.9. The number of aromatic nitrogens is 4. The maximum absolute atomic E-state index is 6.26. The van der Waals surface area contributed by atoms with Crippen molar-refractivity contribution in [3.05, 3.63) is 84.2 Å². The minimum Gasteiger partial charge on any atom is -0.438 e. The Morgan fingerprint density at radius 2 is 1.74 bits per heavy atom. The van der Waals surface area contributed by atoms with E-state index in [9.17, 15) is 0 Å². The van der Waals surface area contributed by atoms with Crippen LogP contribution < -0.4 is 20.7 Å². The molecule has 1 aliphatic heterocycles. The van der Waals surface area contributed by atoms with Crippen molar-refractivity contribution in [2.75, 3.05) is 23.7 Å². The summed E-state index contributed by atoms with van der Waals surface area (Å²) >= 11 is 0. The molecule has 9 heteroatoms. The Morgan fingerprint density at radius 3 is 2.53 bits per heavy atom. The molecule has 0 aliphatic carbocycles. The minimum atomic E-state index is 0.427. The van der Waals surface area contributed by atoms with E-state index in [1.807, 2.05) is 36.4 Å². The van der Waals surface area contributed by atoms with Gasteiger partial charge in [0.2, 0.25) is 5.88 Å². The maximum Gasteiger partial charge on any atom is 0.300 e. The van der Waals surface area contributed by atoms with Crippen LogP contribution in [-0.2, 0) is 0 Å². The smallest absolute Gasteiger partial charge is 0.300 e. The van der Waals surface area contributed by atoms with E-state index >= 15 is 0 Å². The highest BCUT2D eigenvalue weighted by atomic mass is 16.5. The van der Waals surface area contributed by atoms with Gasteiger partial charge in [0.25, 0.3) is 6.01 Å². The summed E-state index contributed by atoms with van der Waals surface area (Å²) in [5, 5.41) is 11.2. The van der Waals surface area contributed by atoms with Crippen molar-refractivity contribution in [2.24, 2.45) is 0 Å². The lowest BCUT2D eigenvalue weighted by molar-refractivity contribution is 0.468. The number of ether oxygens (including phenoxy) is 1. The molecule has 43 heavy (non-hydrogen) atoms. The first-order chi connectivity index (χ1) is 21.0. The molecule has 218 valence electrons. The molecule has 0 amide bonds. The van der Waals surface area contributed by atoms with Crippen LogP contribution in [0.3, 0.4) is 0 Å². The number of oxazole rings is 1. The molecule has 4 N–H and O–H groups in total. The minimum absolute atomic E-state index is 0.427. The van der Waals surface area contributed by atoms with E-state index in [0.717, 1.165) is 53.9 Å². The van der Waals surface area contributed by atoms with Crippen molar-refractivity contribution in [3.8, 4) is 22.9 Å². The number of piperidine rings is 1. The second kappa shape index (κ2) is 11.4. The average molecular weight is 574 g/mol. The highest BCUT2D eigenvalue weighted by Crippen LogP contribution is 2.34. The maximum atomic E-state index is 6.26. The summed E-state index contributed by atoms with van der Waals surface area (Å²) in [6.07, 6.45) is 3.79. The quantitative estimate of drug-likeness (QED) is 0.145. The number of anilines is 3. The van der Waals surface area contributed by atoms with Gasteiger partial charge >= 0.3 is 0 Å². The van der Waals surface area contributed by atoms with Crippen molar-refractivity contribution in [1.82, 2.24) is 25.3 Å². The van der Waals surface area contributed by atoms with Crippen molar-refractivity contribution in [1.29, 1.82) is 0 Å². The third-order valence-corrected chi connectivity index (χ3v) is 8.02. The second-order valence-corrected chi connectivity index (χ2v) is 11.5. The third-order valence-electron chi connectivity index (χ3n) is 8.02. The zero-order chi connectivity index (χ0) is 29.3. The molecule has 0 saturated carbocycles. The van der Waals surface area contributed by atoms with Gasteiger partial charge in [0.15, 0.2) is 5.58 Å². The summed E-state index contributed by atoms with van der Waals surface area (Å²) in [7, 11) is 0. The second-order valence-electron chi connectivity index (χ2n) is 11.5. The summed E-state index contributed by atoms with van der Waals surface area (Å²) in [6, 6.07) is 23.4. The molecule has 1 aliphatic rings. The zero-order valence-corrected chi connectivity index (χ0v) is 24.6. The van der Waals surface area contributed by atoms with Crippen LogP contribution in [0.25, 0.3) is 33.4 Å². The van der Waals surface area contributed by atoms with Crippen molar-refractivity contribution in [2.45, 2.75) is 45.6 Å². The van der Waals surface area contributed by atoms with Gasteiger partial charge in [-0.2, -0.15) is 4.98 Å². The highest BCUT2D eigenvalue weighted by Gasteiger charge is 2.16. The van der Waals surface area contributed by atoms with Gasteiger partial charge < -0.3 is 30.1 Å². The molecule has 0 atom stereocenters. The molecule has 3 aromatic carbocycles. The van der Waals surface area contributed by atoms with Crippen LogP contribution in [0, 0.1) is 6.92 Å². The number of benzene rings is 3. The average Bonchev–Trinajstić information content (AvgIpc) is 3.62. The Morgan fingerprint density at radius 1 is 0.930 bits per heavy atom. The van der Waals surface area contributed by atoms with Gasteiger partial charge in [-0.25, -0.2) is 9.97 Å². The predicted molar refractivity (Wildman–Crippen MR) is 171 cm³/mol. The van der Waals surface area contributed by atoms with Crippen LogP contribution in [0.1, 0.15) is 43.7 Å². The van der Waals surface area contributed by atoms with E-state index in [4.69, 9.17) is 9.15 Å². The van der Waals surface area contributed by atoms with Gasteiger partial charge in [0.05, 0.1) is 5.39 Å². The molecule has 1 saturated heterocycles. The van der Waals surface area contributed by atoms with Crippen LogP contribution in [0.2, 0.25) is 0 Å². The zero-order valence-electron chi connectivity index (χ0n) is 24.6. The van der Waals surface area contributed by atoms with Crippen molar-refractivity contribution in [3.63, 3.8) is 0 Å². The lowest BCUT2D eigenvalue weighted by atomic mass is 10.0. The molecular formula is C34H35N7O2. The first kappa shape index (κ1) is 27.0. The Bertz CT molecular complexity index is 1890. The molecule has 9 nitrogen and oxygen atoms in total. The number of rotatable bonds is 8. The predicted octanol–water partition coefficient (Wildman–Crippen LogP) is 7.90. The molecule has 0 bridgehead atoms. The Balaban J connectivity index is 1.10. The number of aryl methyl sites for hydroxylation is 1. The van der Waals surface area contributed by atoms with Crippen LogP contribution in [0.15, 0.2) is 77.5 Å². The summed E-state index contributed by atoms with van der Waals surface area (Å²) in [4.78, 5) is 17.0.